The molecule has 0 amide bonds. The molecule has 0 spiro atoms. The van der Waals surface area contributed by atoms with Gasteiger partial charge in [0, 0.05) is 5.92 Å². The van der Waals surface area contributed by atoms with Crippen LogP contribution in [-0.4, -0.2) is 50.2 Å². The van der Waals surface area contributed by atoms with Crippen LogP contribution in [0.15, 0.2) is 36.4 Å². The Morgan fingerprint density at radius 3 is 2.18 bits per heavy atom. The van der Waals surface area contributed by atoms with Crippen molar-refractivity contribution in [3.63, 3.8) is 0 Å². The lowest BCUT2D eigenvalue weighted by atomic mass is 9.78. The fraction of sp³-hybridized carbons (Fsp3) is 0.429. The Kier molecular flexibility index (Phi) is 4.82. The van der Waals surface area contributed by atoms with E-state index in [2.05, 4.69) is 5.32 Å². The summed E-state index contributed by atoms with van der Waals surface area (Å²) in [6.45, 7) is 0.985. The quantitative estimate of drug-likeness (QED) is 0.726. The molecule has 28 heavy (non-hydrogen) atoms. The average Bonchev–Trinajstić information content (AvgIpc) is 3.26. The molecular weight excluding hydrogens is 362 g/mol. The van der Waals surface area contributed by atoms with Gasteiger partial charge in [-0.3, -0.25) is 0 Å². The molecular formula is C21H25NO6. The lowest BCUT2D eigenvalue weighted by molar-refractivity contribution is 0.00929. The van der Waals surface area contributed by atoms with Crippen molar-refractivity contribution < 1.29 is 29.2 Å². The van der Waals surface area contributed by atoms with Crippen molar-refractivity contribution in [3.8, 4) is 23.0 Å². The monoisotopic (exact) mass is 387 g/mol. The van der Waals surface area contributed by atoms with Crippen molar-refractivity contribution in [3.05, 3.63) is 47.5 Å². The van der Waals surface area contributed by atoms with Gasteiger partial charge in [-0.25, -0.2) is 0 Å². The molecule has 4 atom stereocenters. The number of fused-ring (bicyclic) bond motifs is 1. The van der Waals surface area contributed by atoms with Gasteiger partial charge in [0.05, 0.1) is 39.1 Å². The molecule has 0 bridgehead atoms. The molecule has 2 aromatic rings. The standard InChI is InChI=1S/C21H25NO6/c1-22-21-11-28-19(12-4-6-15(23)17(8-12)25-2)14(21)10-27-20(21)13-5-7-16(24)18(9-13)26-3/h4-9,14,19-20,22-24H,10-11H2,1-3H3/t14-,19?,20?,21-/m1/s1. The van der Waals surface area contributed by atoms with E-state index in [0.717, 1.165) is 11.1 Å². The predicted molar refractivity (Wildman–Crippen MR) is 102 cm³/mol. The molecule has 2 heterocycles. The number of hydrogen-bond donors (Lipinski definition) is 3. The summed E-state index contributed by atoms with van der Waals surface area (Å²) in [5.74, 6) is 1.09. The van der Waals surface area contributed by atoms with Crippen LogP contribution in [0, 0.1) is 5.92 Å². The van der Waals surface area contributed by atoms with Crippen molar-refractivity contribution >= 4 is 0 Å². The maximum Gasteiger partial charge on any atom is 0.160 e. The summed E-state index contributed by atoms with van der Waals surface area (Å²) in [4.78, 5) is 0. The highest BCUT2D eigenvalue weighted by atomic mass is 16.5. The van der Waals surface area contributed by atoms with Crippen molar-refractivity contribution in [1.82, 2.24) is 5.32 Å². The molecule has 2 unspecified atom stereocenters. The lowest BCUT2D eigenvalue weighted by Gasteiger charge is -2.33. The Balaban J connectivity index is 1.68. The van der Waals surface area contributed by atoms with Crippen LogP contribution in [0.3, 0.4) is 0 Å². The van der Waals surface area contributed by atoms with Gasteiger partial charge in [0.25, 0.3) is 0 Å². The summed E-state index contributed by atoms with van der Waals surface area (Å²) in [7, 11) is 4.96. The molecule has 2 aliphatic rings. The minimum Gasteiger partial charge on any atom is -0.504 e. The zero-order chi connectivity index (χ0) is 19.9. The molecule has 7 nitrogen and oxygen atoms in total. The molecule has 0 aliphatic carbocycles. The van der Waals surface area contributed by atoms with Gasteiger partial charge in [-0.2, -0.15) is 0 Å². The minimum absolute atomic E-state index is 0.0662. The molecule has 2 saturated heterocycles. The average molecular weight is 387 g/mol. The second-order valence-electron chi connectivity index (χ2n) is 7.20. The third-order valence-electron chi connectivity index (χ3n) is 5.94. The van der Waals surface area contributed by atoms with E-state index in [9.17, 15) is 10.2 Å². The Bertz CT molecular complexity index is 872. The highest BCUT2D eigenvalue weighted by molar-refractivity contribution is 5.45. The van der Waals surface area contributed by atoms with E-state index < -0.39 is 5.54 Å². The van der Waals surface area contributed by atoms with E-state index in [4.69, 9.17) is 18.9 Å². The van der Waals surface area contributed by atoms with Crippen LogP contribution in [-0.2, 0) is 9.47 Å². The lowest BCUT2D eigenvalue weighted by Crippen LogP contribution is -2.51. The third-order valence-corrected chi connectivity index (χ3v) is 5.94. The summed E-state index contributed by atoms with van der Waals surface area (Å²) in [6, 6.07) is 10.6. The number of likely N-dealkylation sites (N-methyl/N-ethyl adjacent to an activating group) is 1. The molecule has 2 fully saturated rings. The van der Waals surface area contributed by atoms with Crippen LogP contribution in [0.5, 0.6) is 23.0 Å². The van der Waals surface area contributed by atoms with Gasteiger partial charge < -0.3 is 34.5 Å². The van der Waals surface area contributed by atoms with E-state index in [1.807, 2.05) is 25.2 Å². The Morgan fingerprint density at radius 2 is 1.57 bits per heavy atom. The van der Waals surface area contributed by atoms with Gasteiger partial charge in [-0.1, -0.05) is 12.1 Å². The fourth-order valence-electron chi connectivity index (χ4n) is 4.42. The number of benzene rings is 2. The first kappa shape index (κ1) is 18.9. The summed E-state index contributed by atoms with van der Waals surface area (Å²) in [5.41, 5.74) is 1.43. The highest BCUT2D eigenvalue weighted by Crippen LogP contribution is 2.53. The van der Waals surface area contributed by atoms with Crippen molar-refractivity contribution in [2.24, 2.45) is 5.92 Å². The number of rotatable bonds is 5. The Hall–Kier alpha value is -2.48. The Morgan fingerprint density at radius 1 is 0.964 bits per heavy atom. The minimum atomic E-state index is -0.419. The molecule has 0 aromatic heterocycles. The van der Waals surface area contributed by atoms with Crippen molar-refractivity contribution in [2.45, 2.75) is 17.7 Å². The number of ether oxygens (including phenoxy) is 4. The first-order valence-corrected chi connectivity index (χ1v) is 9.20. The zero-order valence-electron chi connectivity index (χ0n) is 16.1. The van der Waals surface area contributed by atoms with E-state index in [1.165, 1.54) is 14.2 Å². The predicted octanol–water partition coefficient (Wildman–Crippen LogP) is 2.53. The van der Waals surface area contributed by atoms with E-state index in [1.54, 1.807) is 18.2 Å². The van der Waals surface area contributed by atoms with Gasteiger partial charge in [0.15, 0.2) is 23.0 Å². The smallest absolute Gasteiger partial charge is 0.160 e. The number of methoxy groups -OCH3 is 2. The van der Waals surface area contributed by atoms with Crippen molar-refractivity contribution in [1.29, 1.82) is 0 Å². The highest BCUT2D eigenvalue weighted by Gasteiger charge is 2.59. The molecule has 4 rings (SSSR count). The molecule has 2 aromatic carbocycles. The van der Waals surface area contributed by atoms with Gasteiger partial charge >= 0.3 is 0 Å². The van der Waals surface area contributed by atoms with Gasteiger partial charge in [0.1, 0.15) is 6.10 Å². The largest absolute Gasteiger partial charge is 0.504 e. The van der Waals surface area contributed by atoms with Crippen LogP contribution in [0.2, 0.25) is 0 Å². The molecule has 7 heteroatoms. The number of hydrogen-bond acceptors (Lipinski definition) is 7. The summed E-state index contributed by atoms with van der Waals surface area (Å²) >= 11 is 0. The van der Waals surface area contributed by atoms with Crippen LogP contribution in [0.1, 0.15) is 23.3 Å². The van der Waals surface area contributed by atoms with E-state index in [0.29, 0.717) is 24.7 Å². The van der Waals surface area contributed by atoms with E-state index in [-0.39, 0.29) is 29.6 Å². The fourth-order valence-corrected chi connectivity index (χ4v) is 4.42. The van der Waals surface area contributed by atoms with Gasteiger partial charge in [-0.15, -0.1) is 0 Å². The first-order valence-electron chi connectivity index (χ1n) is 9.20. The van der Waals surface area contributed by atoms with Crippen LogP contribution >= 0.6 is 0 Å². The second-order valence-corrected chi connectivity index (χ2v) is 7.20. The maximum absolute atomic E-state index is 9.91. The molecule has 0 radical (unpaired) electrons. The van der Waals surface area contributed by atoms with Gasteiger partial charge in [-0.05, 0) is 42.4 Å². The van der Waals surface area contributed by atoms with Crippen LogP contribution in [0.25, 0.3) is 0 Å². The number of aromatic hydroxyl groups is 2. The zero-order valence-corrected chi connectivity index (χ0v) is 16.1. The summed E-state index contributed by atoms with van der Waals surface area (Å²) in [6.07, 6.45) is -0.438. The molecule has 150 valence electrons. The maximum atomic E-state index is 9.91. The van der Waals surface area contributed by atoms with Gasteiger partial charge in [0.2, 0.25) is 0 Å². The Labute approximate surface area is 163 Å². The normalized spacial score (nSPS) is 28.9. The summed E-state index contributed by atoms with van der Waals surface area (Å²) in [5, 5.41) is 23.2. The van der Waals surface area contributed by atoms with Crippen LogP contribution in [0.4, 0.5) is 0 Å². The number of nitrogens with one attached hydrogen (secondary N) is 1. The topological polar surface area (TPSA) is 89.4 Å². The van der Waals surface area contributed by atoms with Crippen LogP contribution < -0.4 is 14.8 Å². The third kappa shape index (κ3) is 2.78. The van der Waals surface area contributed by atoms with E-state index >= 15 is 0 Å². The molecule has 0 saturated carbocycles. The number of phenolic OH excluding ortho intramolecular Hbond substituents is 2. The molecule has 3 N–H and O–H groups in total. The summed E-state index contributed by atoms with van der Waals surface area (Å²) < 4.78 is 22.9. The van der Waals surface area contributed by atoms with Crippen molar-refractivity contribution in [2.75, 3.05) is 34.5 Å². The number of phenols is 2. The SMILES string of the molecule is CN[C@]12COC(c3ccc(O)c(OC)c3)[C@H]1COC2c1ccc(O)c(OC)c1. The first-order chi connectivity index (χ1) is 13.5. The molecule has 2 aliphatic heterocycles. The second kappa shape index (κ2) is 7.16.